The number of aryl methyl sites for hydroxylation is 1. The van der Waals surface area contributed by atoms with Gasteiger partial charge in [-0.25, -0.2) is 23.6 Å². The van der Waals surface area contributed by atoms with E-state index in [1.165, 1.54) is 12.3 Å². The van der Waals surface area contributed by atoms with Crippen molar-refractivity contribution in [1.29, 1.82) is 0 Å². The Morgan fingerprint density at radius 1 is 0.838 bits per heavy atom. The molecule has 0 aliphatic carbocycles. The summed E-state index contributed by atoms with van der Waals surface area (Å²) in [7, 11) is 1.76. The number of carbonyl (C=O) groups excluding carboxylic acids is 4. The second kappa shape index (κ2) is 25.0. The first-order chi connectivity index (χ1) is 37.6. The van der Waals surface area contributed by atoms with Crippen LogP contribution < -0.4 is 15.6 Å². The first-order valence-corrected chi connectivity index (χ1v) is 26.0. The van der Waals surface area contributed by atoms with Crippen molar-refractivity contribution in [3.63, 3.8) is 0 Å². The largest absolute Gasteiger partial charge is 0.469 e. The molecule has 2 aromatic carbocycles. The van der Waals surface area contributed by atoms with E-state index < -0.39 is 114 Å². The van der Waals surface area contributed by atoms with Gasteiger partial charge in [0.05, 0.1) is 74.1 Å². The number of fused-ring (bicyclic) bond motifs is 2. The van der Waals surface area contributed by atoms with E-state index in [-0.39, 0.29) is 17.7 Å². The van der Waals surface area contributed by atoms with Gasteiger partial charge in [0.25, 0.3) is 0 Å². The normalized spacial score (nSPS) is 18.5. The third-order valence-electron chi connectivity index (χ3n) is 15.6. The number of nitrogens with zero attached hydrogens (tertiary/aromatic N) is 5. The van der Waals surface area contributed by atoms with Crippen molar-refractivity contribution < 1.29 is 73.6 Å². The van der Waals surface area contributed by atoms with Crippen molar-refractivity contribution >= 4 is 29.6 Å². The number of piperazine rings is 1. The molecule has 3 aliphatic heterocycles. The lowest BCUT2D eigenvalue weighted by Crippen LogP contribution is -2.62. The van der Waals surface area contributed by atoms with Gasteiger partial charge in [0.15, 0.2) is 5.78 Å². The number of esters is 1. The molecule has 80 heavy (non-hydrogen) atoms. The number of hydrogen-bond donors (Lipinski definition) is 3. The maximum absolute atomic E-state index is 16.1. The van der Waals surface area contributed by atoms with Crippen molar-refractivity contribution in [2.75, 3.05) is 52.0 Å². The fourth-order valence-corrected chi connectivity index (χ4v) is 10.4. The average Bonchev–Trinajstić information content (AvgIpc) is 3.64. The Kier molecular flexibility index (Phi) is 19.0. The van der Waals surface area contributed by atoms with Crippen LogP contribution >= 0.6 is 0 Å². The van der Waals surface area contributed by atoms with Gasteiger partial charge < -0.3 is 29.5 Å². The van der Waals surface area contributed by atoms with Crippen molar-refractivity contribution in [3.8, 4) is 23.1 Å². The molecule has 3 fully saturated rings. The Bertz CT molecular complexity index is 2890. The predicted octanol–water partition coefficient (Wildman–Crippen LogP) is 8.27. The number of pyridine rings is 2. The Morgan fingerprint density at radius 3 is 2.01 bits per heavy atom. The molecule has 5 heterocycles. The molecular weight excluding hydrogens is 1060 g/mol. The molecule has 2 aromatic heterocycles. The SMILES string of the molecule is COC(=O)C[C@H](C(=O)NN(Cc1c(F)cc(-c2ccccn2)cc1F)C[C@H](O)[C@@H](CC(=O)[C@@H](NC(=O)OC)C(C)(C)C(F)(F)F)Cc1ccc(C#Cc2ccc(N3CC4CCC(C3)N4C3COC3)nc2C)cc1)C(C)(C)C(F)(F)F. The van der Waals surface area contributed by atoms with E-state index in [4.69, 9.17) is 9.72 Å². The highest BCUT2D eigenvalue weighted by molar-refractivity contribution is 5.88. The number of anilines is 1. The number of benzene rings is 2. The number of rotatable bonds is 20. The lowest BCUT2D eigenvalue weighted by atomic mass is 9.75. The average molecular weight is 1130 g/mol. The molecule has 0 saturated carbocycles. The van der Waals surface area contributed by atoms with Gasteiger partial charge in [-0.2, -0.15) is 26.3 Å². The zero-order chi connectivity index (χ0) is 58.5. The van der Waals surface area contributed by atoms with Crippen LogP contribution in [0.1, 0.15) is 81.3 Å². The van der Waals surface area contributed by atoms with Crippen molar-refractivity contribution in [3.05, 3.63) is 113 Å². The fraction of sp³-hybridized carbons (Fsp3) is 0.509. The van der Waals surface area contributed by atoms with Crippen LogP contribution in [0.3, 0.4) is 0 Å². The maximum atomic E-state index is 16.1. The quantitative estimate of drug-likeness (QED) is 0.0334. The predicted molar refractivity (Wildman–Crippen MR) is 277 cm³/mol. The van der Waals surface area contributed by atoms with E-state index in [1.54, 1.807) is 36.4 Å². The van der Waals surface area contributed by atoms with Gasteiger partial charge in [0, 0.05) is 73.1 Å². The number of alkyl carbamates (subject to hydrolysis) is 1. The van der Waals surface area contributed by atoms with Gasteiger partial charge in [-0.05, 0) is 100 Å². The number of hydrazine groups is 1. The van der Waals surface area contributed by atoms with Crippen LogP contribution in [-0.4, -0.2) is 138 Å². The first kappa shape index (κ1) is 60.9. The molecule has 3 N–H and O–H groups in total. The first-order valence-electron chi connectivity index (χ1n) is 26.0. The number of carbonyl (C=O) groups is 4. The van der Waals surface area contributed by atoms with Crippen molar-refractivity contribution in [2.24, 2.45) is 22.7 Å². The minimum Gasteiger partial charge on any atom is -0.469 e. The second-order valence-electron chi connectivity index (χ2n) is 21.7. The zero-order valence-electron chi connectivity index (χ0n) is 45.3. The number of aromatic nitrogens is 2. The Hall–Kier alpha value is -6.74. The van der Waals surface area contributed by atoms with E-state index in [2.05, 4.69) is 41.5 Å². The number of aliphatic hydroxyl groups is 1. The lowest BCUT2D eigenvalue weighted by molar-refractivity contribution is -0.231. The summed E-state index contributed by atoms with van der Waals surface area (Å²) in [5.41, 5.74) is -1.97. The molecule has 0 spiro atoms. The molecule has 2 amide bonds. The fourth-order valence-electron chi connectivity index (χ4n) is 10.4. The third kappa shape index (κ3) is 14.0. The summed E-state index contributed by atoms with van der Waals surface area (Å²) in [6, 6.07) is 15.7. The van der Waals surface area contributed by atoms with Gasteiger partial charge in [-0.1, -0.05) is 43.9 Å². The zero-order valence-corrected chi connectivity index (χ0v) is 45.3. The van der Waals surface area contributed by atoms with Crippen LogP contribution in [0.15, 0.2) is 72.9 Å². The van der Waals surface area contributed by atoms with Crippen LogP contribution in [0.5, 0.6) is 0 Å². The van der Waals surface area contributed by atoms with Crippen molar-refractivity contribution in [1.82, 2.24) is 30.6 Å². The highest BCUT2D eigenvalue weighted by Crippen LogP contribution is 2.46. The minimum atomic E-state index is -5.11. The summed E-state index contributed by atoms with van der Waals surface area (Å²) < 4.78 is 134. The molecular formula is C57H65F8N7O8. The van der Waals surface area contributed by atoms with Crippen molar-refractivity contribution in [2.45, 2.75) is 116 Å². The van der Waals surface area contributed by atoms with Crippen LogP contribution in [0.4, 0.5) is 45.7 Å². The van der Waals surface area contributed by atoms with E-state index in [0.717, 1.165) is 71.3 Å². The van der Waals surface area contributed by atoms with Gasteiger partial charge in [-0.15, -0.1) is 0 Å². The lowest BCUT2D eigenvalue weighted by Gasteiger charge is -2.48. The number of amides is 2. The Labute approximate surface area is 458 Å². The van der Waals surface area contributed by atoms with Crippen LogP contribution in [-0.2, 0) is 41.6 Å². The molecule has 2 unspecified atom stereocenters. The number of nitrogens with one attached hydrogen (secondary N) is 2. The number of ketones is 1. The molecule has 3 saturated heterocycles. The third-order valence-corrected chi connectivity index (χ3v) is 15.6. The number of Topliss-reactive ketones (excluding diaryl/α,β-unsaturated/α-hetero) is 1. The highest BCUT2D eigenvalue weighted by Gasteiger charge is 2.57. The number of hydrogen-bond acceptors (Lipinski definition) is 13. The van der Waals surface area contributed by atoms with Crippen LogP contribution in [0.2, 0.25) is 0 Å². The van der Waals surface area contributed by atoms with E-state index in [1.807, 2.05) is 24.4 Å². The standard InChI is InChI=1S/C57H65F8N7O8/c1-33-36(17-20-49(67-33)70-27-39-18-19-40(28-70)72(39)41-31-80-32-41)16-15-34-11-13-35(14-12-34)22-38(25-47(73)51(68-53(77)79-7)55(4,5)57(63,64)65)48(74)30-71(69-52(76)43(26-50(75)78-6)54(2,3)56(60,61)62)29-42-44(58)23-37(24-45(42)59)46-10-8-9-21-66-46/h8-14,17,20-21,23-24,38-41,43,48,51,74H,18-19,22,25-32H2,1-7H3,(H,68,77)(H,69,76)/t38-,39?,40?,43-,48+,51-/m1/s1. The maximum Gasteiger partial charge on any atom is 0.407 e. The van der Waals surface area contributed by atoms with Gasteiger partial charge in [0.1, 0.15) is 23.5 Å². The molecule has 3 aliphatic rings. The molecule has 15 nitrogen and oxygen atoms in total. The van der Waals surface area contributed by atoms with Crippen LogP contribution in [0, 0.1) is 53.1 Å². The summed E-state index contributed by atoms with van der Waals surface area (Å²) in [6.07, 6.45) is -12.2. The highest BCUT2D eigenvalue weighted by atomic mass is 19.4. The summed E-state index contributed by atoms with van der Waals surface area (Å²) >= 11 is 0. The molecule has 2 bridgehead atoms. The second-order valence-corrected chi connectivity index (χ2v) is 21.7. The summed E-state index contributed by atoms with van der Waals surface area (Å²) in [5, 5.41) is 14.8. The minimum absolute atomic E-state index is 0.00900. The summed E-state index contributed by atoms with van der Waals surface area (Å²) in [5.74, 6) is -2.93. The molecule has 6 atom stereocenters. The number of ether oxygens (including phenoxy) is 3. The van der Waals surface area contributed by atoms with Crippen LogP contribution in [0.25, 0.3) is 11.3 Å². The molecule has 4 aromatic rings. The Morgan fingerprint density at radius 2 is 1.48 bits per heavy atom. The van der Waals surface area contributed by atoms with Gasteiger partial charge >= 0.3 is 24.4 Å². The summed E-state index contributed by atoms with van der Waals surface area (Å²) in [4.78, 5) is 67.2. The molecule has 0 radical (unpaired) electrons. The van der Waals surface area contributed by atoms with E-state index >= 15 is 8.78 Å². The molecule has 432 valence electrons. The van der Waals surface area contributed by atoms with Gasteiger partial charge in [0.2, 0.25) is 5.91 Å². The topological polar surface area (TPSA) is 176 Å². The monoisotopic (exact) mass is 1130 g/mol. The smallest absolute Gasteiger partial charge is 0.407 e. The summed E-state index contributed by atoms with van der Waals surface area (Å²) in [6.45, 7) is 5.85. The van der Waals surface area contributed by atoms with Gasteiger partial charge in [-0.3, -0.25) is 29.7 Å². The Balaban J connectivity index is 1.19. The number of halogens is 8. The number of aliphatic hydroxyl groups excluding tert-OH is 1. The number of alkyl halides is 6. The van der Waals surface area contributed by atoms with E-state index in [0.29, 0.717) is 73.2 Å². The number of methoxy groups -OCH3 is 2. The molecule has 7 rings (SSSR count). The van der Waals surface area contributed by atoms with E-state index in [9.17, 15) is 50.6 Å². The molecule has 23 heteroatoms.